The van der Waals surface area contributed by atoms with Crippen molar-refractivity contribution in [3.8, 4) is 5.75 Å². The number of aliphatic hydroxyl groups is 1. The van der Waals surface area contributed by atoms with Gasteiger partial charge in [-0.05, 0) is 32.0 Å². The van der Waals surface area contributed by atoms with Crippen molar-refractivity contribution >= 4 is 5.91 Å². The number of amides is 1. The summed E-state index contributed by atoms with van der Waals surface area (Å²) in [5, 5.41) is 16.3. The first kappa shape index (κ1) is 16.7. The van der Waals surface area contributed by atoms with Gasteiger partial charge in [0.2, 0.25) is 0 Å². The molecule has 0 aromatic heterocycles. The minimum atomic E-state index is -0.823. The van der Waals surface area contributed by atoms with Crippen LogP contribution in [0.15, 0.2) is 24.3 Å². The molecule has 6 heteroatoms. The molecule has 1 atom stereocenters. The topological polar surface area (TPSA) is 79.8 Å². The summed E-state index contributed by atoms with van der Waals surface area (Å²) >= 11 is 0. The first-order valence-electron chi connectivity index (χ1n) is 7.48. The molecule has 1 amide bonds. The molecule has 3 N–H and O–H groups in total. The molecule has 0 unspecified atom stereocenters. The van der Waals surface area contributed by atoms with Crippen LogP contribution in [-0.2, 0) is 9.53 Å². The van der Waals surface area contributed by atoms with Crippen molar-refractivity contribution in [1.82, 2.24) is 10.6 Å². The first-order chi connectivity index (χ1) is 10.6. The largest absolute Gasteiger partial charge is 0.496 e. The van der Waals surface area contributed by atoms with E-state index in [1.807, 2.05) is 12.1 Å². The van der Waals surface area contributed by atoms with E-state index in [1.165, 1.54) is 0 Å². The van der Waals surface area contributed by atoms with Gasteiger partial charge in [0, 0.05) is 19.2 Å². The van der Waals surface area contributed by atoms with Crippen LogP contribution < -0.4 is 15.4 Å². The highest BCUT2D eigenvalue weighted by molar-refractivity contribution is 5.85. The smallest absolute Gasteiger partial charge is 0.252 e. The molecule has 0 radical (unpaired) electrons. The summed E-state index contributed by atoms with van der Waals surface area (Å²) < 4.78 is 10.7. The third-order valence-electron chi connectivity index (χ3n) is 4.17. The van der Waals surface area contributed by atoms with Crippen molar-refractivity contribution < 1.29 is 19.4 Å². The summed E-state index contributed by atoms with van der Waals surface area (Å²) in [4.78, 5) is 12.4. The fraction of sp³-hybridized carbons (Fsp3) is 0.562. The van der Waals surface area contributed by atoms with E-state index in [9.17, 15) is 9.90 Å². The minimum absolute atomic E-state index is 0.123. The molecular formula is C16H24N2O4. The quantitative estimate of drug-likeness (QED) is 0.718. The Morgan fingerprint density at radius 3 is 2.68 bits per heavy atom. The van der Waals surface area contributed by atoms with Gasteiger partial charge in [-0.2, -0.15) is 0 Å². The van der Waals surface area contributed by atoms with Crippen molar-refractivity contribution in [3.05, 3.63) is 29.8 Å². The molecule has 1 aromatic rings. The standard InChI is InChI=1S/C16H24N2O4/c1-21-14-6-4-3-5-12(14)13(19)11-18-15(20)16(22-2)7-9-17-10-8-16/h3-6,13,17,19H,7-11H2,1-2H3,(H,18,20)/t13-/m1/s1. The zero-order valence-electron chi connectivity index (χ0n) is 13.1. The van der Waals surface area contributed by atoms with E-state index in [0.717, 1.165) is 13.1 Å². The molecule has 1 heterocycles. The number of piperidine rings is 1. The van der Waals surface area contributed by atoms with Crippen molar-refractivity contribution in [3.63, 3.8) is 0 Å². The van der Waals surface area contributed by atoms with Gasteiger partial charge < -0.3 is 25.2 Å². The molecule has 0 spiro atoms. The van der Waals surface area contributed by atoms with Gasteiger partial charge >= 0.3 is 0 Å². The maximum absolute atomic E-state index is 12.4. The molecule has 1 saturated heterocycles. The first-order valence-corrected chi connectivity index (χ1v) is 7.48. The Bertz CT molecular complexity index is 501. The van der Waals surface area contributed by atoms with Gasteiger partial charge in [-0.3, -0.25) is 4.79 Å². The predicted octanol–water partition coefficient (Wildman–Crippen LogP) is 0.613. The van der Waals surface area contributed by atoms with Gasteiger partial charge in [0.15, 0.2) is 0 Å². The predicted molar refractivity (Wildman–Crippen MR) is 82.8 cm³/mol. The summed E-state index contributed by atoms with van der Waals surface area (Å²) in [6, 6.07) is 7.23. The average Bonchev–Trinajstić information content (AvgIpc) is 2.59. The zero-order chi connectivity index (χ0) is 16.0. The van der Waals surface area contributed by atoms with Crippen LogP contribution in [-0.4, -0.2) is 50.5 Å². The number of hydrogen-bond acceptors (Lipinski definition) is 5. The number of hydrogen-bond donors (Lipinski definition) is 3. The van der Waals surface area contributed by atoms with E-state index in [0.29, 0.717) is 24.2 Å². The fourth-order valence-electron chi connectivity index (χ4n) is 2.76. The van der Waals surface area contributed by atoms with Crippen LogP contribution >= 0.6 is 0 Å². The average molecular weight is 308 g/mol. The second-order valence-electron chi connectivity index (χ2n) is 5.42. The van der Waals surface area contributed by atoms with Crippen LogP contribution in [0.25, 0.3) is 0 Å². The Labute approximate surface area is 130 Å². The molecule has 1 fully saturated rings. The van der Waals surface area contributed by atoms with Crippen LogP contribution in [0.4, 0.5) is 0 Å². The van der Waals surface area contributed by atoms with Gasteiger partial charge in [-0.15, -0.1) is 0 Å². The molecule has 0 saturated carbocycles. The van der Waals surface area contributed by atoms with Crippen LogP contribution in [0.1, 0.15) is 24.5 Å². The Kier molecular flexibility index (Phi) is 5.76. The summed E-state index contributed by atoms with van der Waals surface area (Å²) in [6.45, 7) is 1.62. The molecule has 22 heavy (non-hydrogen) atoms. The number of aliphatic hydroxyl groups excluding tert-OH is 1. The summed E-state index contributed by atoms with van der Waals surface area (Å²) in [6.07, 6.45) is 0.427. The highest BCUT2D eigenvalue weighted by atomic mass is 16.5. The molecule has 1 aliphatic rings. The summed E-state index contributed by atoms with van der Waals surface area (Å²) in [7, 11) is 3.11. The van der Waals surface area contributed by atoms with Crippen LogP contribution in [0.2, 0.25) is 0 Å². The number of rotatable bonds is 6. The molecule has 2 rings (SSSR count). The number of nitrogens with one attached hydrogen (secondary N) is 2. The lowest BCUT2D eigenvalue weighted by Gasteiger charge is -2.35. The number of para-hydroxylation sites is 1. The number of carbonyl (C=O) groups excluding carboxylic acids is 1. The maximum atomic E-state index is 12.4. The second-order valence-corrected chi connectivity index (χ2v) is 5.42. The van der Waals surface area contributed by atoms with Gasteiger partial charge in [0.25, 0.3) is 5.91 Å². The Balaban J connectivity index is 1.98. The zero-order valence-corrected chi connectivity index (χ0v) is 13.1. The molecule has 0 aliphatic carbocycles. The van der Waals surface area contributed by atoms with Crippen molar-refractivity contribution in [2.45, 2.75) is 24.5 Å². The lowest BCUT2D eigenvalue weighted by Crippen LogP contribution is -2.54. The highest BCUT2D eigenvalue weighted by Gasteiger charge is 2.39. The van der Waals surface area contributed by atoms with Crippen LogP contribution in [0.3, 0.4) is 0 Å². The summed E-state index contributed by atoms with van der Waals surface area (Å²) in [5.41, 5.74) is -0.145. The normalized spacial score (nSPS) is 18.5. The van der Waals surface area contributed by atoms with Crippen LogP contribution in [0.5, 0.6) is 5.75 Å². The number of benzene rings is 1. The van der Waals surface area contributed by atoms with E-state index >= 15 is 0 Å². The van der Waals surface area contributed by atoms with Gasteiger partial charge in [0.05, 0.1) is 13.2 Å². The number of ether oxygens (including phenoxy) is 2. The SMILES string of the molecule is COc1ccccc1[C@H](O)CNC(=O)C1(OC)CCNCC1. The molecule has 122 valence electrons. The minimum Gasteiger partial charge on any atom is -0.496 e. The molecule has 1 aliphatic heterocycles. The lowest BCUT2D eigenvalue weighted by atomic mass is 9.91. The van der Waals surface area contributed by atoms with Crippen LogP contribution in [0, 0.1) is 0 Å². The monoisotopic (exact) mass is 308 g/mol. The molecule has 1 aromatic carbocycles. The Morgan fingerprint density at radius 2 is 2.05 bits per heavy atom. The van der Waals surface area contributed by atoms with E-state index in [1.54, 1.807) is 26.4 Å². The van der Waals surface area contributed by atoms with Gasteiger partial charge in [0.1, 0.15) is 11.4 Å². The summed E-state index contributed by atoms with van der Waals surface area (Å²) in [5.74, 6) is 0.429. The highest BCUT2D eigenvalue weighted by Crippen LogP contribution is 2.25. The van der Waals surface area contributed by atoms with E-state index < -0.39 is 11.7 Å². The van der Waals surface area contributed by atoms with E-state index in [-0.39, 0.29) is 12.5 Å². The molecular weight excluding hydrogens is 284 g/mol. The van der Waals surface area contributed by atoms with Gasteiger partial charge in [-0.1, -0.05) is 18.2 Å². The fourth-order valence-corrected chi connectivity index (χ4v) is 2.76. The lowest BCUT2D eigenvalue weighted by molar-refractivity contribution is -0.147. The van der Waals surface area contributed by atoms with Crippen molar-refractivity contribution in [2.75, 3.05) is 33.9 Å². The van der Waals surface area contributed by atoms with Crippen molar-refractivity contribution in [2.24, 2.45) is 0 Å². The third kappa shape index (κ3) is 3.58. The maximum Gasteiger partial charge on any atom is 0.252 e. The second kappa shape index (κ2) is 7.58. The molecule has 0 bridgehead atoms. The Morgan fingerprint density at radius 1 is 1.36 bits per heavy atom. The number of methoxy groups -OCH3 is 2. The molecule has 6 nitrogen and oxygen atoms in total. The number of carbonyl (C=O) groups is 1. The van der Waals surface area contributed by atoms with E-state index in [4.69, 9.17) is 9.47 Å². The van der Waals surface area contributed by atoms with Gasteiger partial charge in [-0.25, -0.2) is 0 Å². The van der Waals surface area contributed by atoms with E-state index in [2.05, 4.69) is 10.6 Å². The third-order valence-corrected chi connectivity index (χ3v) is 4.17. The Hall–Kier alpha value is -1.63. The van der Waals surface area contributed by atoms with Crippen molar-refractivity contribution in [1.29, 1.82) is 0 Å².